The summed E-state index contributed by atoms with van der Waals surface area (Å²) in [6.07, 6.45) is 0.858. The van der Waals surface area contributed by atoms with Crippen LogP contribution in [0.3, 0.4) is 0 Å². The number of pyridine rings is 1. The maximum Gasteiger partial charge on any atom is 0.273 e. The van der Waals surface area contributed by atoms with Gasteiger partial charge in [-0.25, -0.2) is 4.98 Å². The van der Waals surface area contributed by atoms with E-state index in [1.807, 2.05) is 0 Å². The van der Waals surface area contributed by atoms with Crippen LogP contribution in [0.15, 0.2) is 41.0 Å². The fraction of sp³-hybridized carbons (Fsp3) is 0.154. The van der Waals surface area contributed by atoms with Gasteiger partial charge in [-0.05, 0) is 40.5 Å². The molecule has 0 aliphatic heterocycles. The van der Waals surface area contributed by atoms with E-state index in [9.17, 15) is 15.2 Å². The molecule has 1 aromatic heterocycles. The number of non-ortho nitro benzene ring substituents is 1. The number of hydrogen-bond donors (Lipinski definition) is 1. The van der Waals surface area contributed by atoms with E-state index in [0.717, 1.165) is 0 Å². The lowest BCUT2D eigenvalue weighted by atomic mass is 10.2. The maximum absolute atomic E-state index is 10.7. The summed E-state index contributed by atoms with van der Waals surface area (Å²) >= 11 is 3.26. The molecule has 7 heteroatoms. The first-order chi connectivity index (χ1) is 9.47. The summed E-state index contributed by atoms with van der Waals surface area (Å²) in [5.41, 5.74) is 0.575. The largest absolute Gasteiger partial charge is 0.438 e. The molecule has 2 aromatic rings. The van der Waals surface area contributed by atoms with Crippen LogP contribution >= 0.6 is 15.9 Å². The molecule has 1 N–H and O–H groups in total. The smallest absolute Gasteiger partial charge is 0.273 e. The van der Waals surface area contributed by atoms with Crippen molar-refractivity contribution in [2.24, 2.45) is 0 Å². The van der Waals surface area contributed by atoms with Crippen LogP contribution in [0.4, 0.5) is 5.69 Å². The molecular weight excluding hydrogens is 328 g/mol. The molecule has 1 aromatic carbocycles. The third-order valence-corrected chi connectivity index (χ3v) is 3.24. The topological polar surface area (TPSA) is 85.5 Å². The van der Waals surface area contributed by atoms with Crippen LogP contribution in [-0.2, 0) is 0 Å². The van der Waals surface area contributed by atoms with Crippen LogP contribution in [0, 0.1) is 10.1 Å². The Kier molecular flexibility index (Phi) is 4.31. The number of aliphatic hydroxyl groups is 1. The molecule has 6 nitrogen and oxygen atoms in total. The van der Waals surface area contributed by atoms with Gasteiger partial charge in [0.25, 0.3) is 5.69 Å². The Balaban J connectivity index is 2.32. The lowest BCUT2D eigenvalue weighted by molar-refractivity contribution is -0.384. The summed E-state index contributed by atoms with van der Waals surface area (Å²) in [7, 11) is 0. The summed E-state index contributed by atoms with van der Waals surface area (Å²) in [4.78, 5) is 14.3. The van der Waals surface area contributed by atoms with Crippen LogP contribution in [0.25, 0.3) is 0 Å². The zero-order valence-electron chi connectivity index (χ0n) is 10.5. The Hall–Kier alpha value is -1.99. The predicted octanol–water partition coefficient (Wildman–Crippen LogP) is 3.60. The highest BCUT2D eigenvalue weighted by Crippen LogP contribution is 2.32. The number of aromatic nitrogens is 1. The molecule has 0 saturated heterocycles. The SMILES string of the molecule is C[C@H](O)c1ccnc(Oc2cc([N+](=O)[O-])ccc2Br)c1. The van der Waals surface area contributed by atoms with E-state index in [1.165, 1.54) is 24.4 Å². The molecule has 0 unspecified atom stereocenters. The van der Waals surface area contributed by atoms with Gasteiger partial charge in [0, 0.05) is 18.3 Å². The second-order valence-electron chi connectivity index (χ2n) is 4.08. The van der Waals surface area contributed by atoms with Gasteiger partial charge in [0.2, 0.25) is 5.88 Å². The van der Waals surface area contributed by atoms with Gasteiger partial charge < -0.3 is 9.84 Å². The van der Waals surface area contributed by atoms with Crippen molar-refractivity contribution in [3.8, 4) is 11.6 Å². The first kappa shape index (κ1) is 14.4. The van der Waals surface area contributed by atoms with Crippen molar-refractivity contribution < 1.29 is 14.8 Å². The number of nitrogens with zero attached hydrogens (tertiary/aromatic N) is 2. The number of hydrogen-bond acceptors (Lipinski definition) is 5. The molecule has 0 aliphatic rings. The summed E-state index contributed by atoms with van der Waals surface area (Å²) in [5.74, 6) is 0.541. The number of aliphatic hydroxyl groups excluding tert-OH is 1. The van der Waals surface area contributed by atoms with Crippen molar-refractivity contribution in [2.75, 3.05) is 0 Å². The molecule has 20 heavy (non-hydrogen) atoms. The Morgan fingerprint density at radius 3 is 2.80 bits per heavy atom. The third-order valence-electron chi connectivity index (χ3n) is 2.58. The number of rotatable bonds is 4. The number of halogens is 1. The van der Waals surface area contributed by atoms with Gasteiger partial charge >= 0.3 is 0 Å². The zero-order valence-corrected chi connectivity index (χ0v) is 12.1. The average Bonchev–Trinajstić information content (AvgIpc) is 2.41. The minimum atomic E-state index is -0.645. The predicted molar refractivity (Wildman–Crippen MR) is 75.7 cm³/mol. The molecule has 0 fully saturated rings. The van der Waals surface area contributed by atoms with Crippen molar-refractivity contribution in [3.05, 3.63) is 56.7 Å². The minimum Gasteiger partial charge on any atom is -0.438 e. The number of ether oxygens (including phenoxy) is 1. The van der Waals surface area contributed by atoms with Gasteiger partial charge in [0.15, 0.2) is 5.75 Å². The van der Waals surface area contributed by atoms with E-state index in [1.54, 1.807) is 19.1 Å². The molecule has 1 heterocycles. The Labute approximate surface area is 123 Å². The van der Waals surface area contributed by atoms with E-state index in [4.69, 9.17) is 4.74 Å². The van der Waals surface area contributed by atoms with Crippen molar-refractivity contribution in [1.82, 2.24) is 4.98 Å². The fourth-order valence-corrected chi connectivity index (χ4v) is 1.86. The van der Waals surface area contributed by atoms with Crippen LogP contribution < -0.4 is 4.74 Å². The highest BCUT2D eigenvalue weighted by atomic mass is 79.9. The van der Waals surface area contributed by atoms with Crippen molar-refractivity contribution in [3.63, 3.8) is 0 Å². The van der Waals surface area contributed by atoms with Gasteiger partial charge in [0.1, 0.15) is 0 Å². The van der Waals surface area contributed by atoms with E-state index in [-0.39, 0.29) is 17.3 Å². The molecule has 0 radical (unpaired) electrons. The second-order valence-corrected chi connectivity index (χ2v) is 4.93. The van der Waals surface area contributed by atoms with Gasteiger partial charge in [-0.3, -0.25) is 10.1 Å². The van der Waals surface area contributed by atoms with E-state index >= 15 is 0 Å². The normalized spacial score (nSPS) is 11.9. The quantitative estimate of drug-likeness (QED) is 0.679. The molecule has 0 amide bonds. The van der Waals surface area contributed by atoms with Crippen molar-refractivity contribution in [1.29, 1.82) is 0 Å². The van der Waals surface area contributed by atoms with Crippen molar-refractivity contribution in [2.45, 2.75) is 13.0 Å². The summed E-state index contributed by atoms with van der Waals surface area (Å²) in [6.45, 7) is 1.63. The summed E-state index contributed by atoms with van der Waals surface area (Å²) in [5, 5.41) is 20.3. The minimum absolute atomic E-state index is 0.0742. The number of nitro benzene ring substituents is 1. The first-order valence-corrected chi connectivity index (χ1v) is 6.52. The molecule has 0 saturated carbocycles. The standard InChI is InChI=1S/C13H11BrN2O4/c1-8(17)9-4-5-15-13(6-9)20-12-7-10(16(18)19)2-3-11(12)14/h2-8,17H,1H3/t8-/m0/s1. The fourth-order valence-electron chi connectivity index (χ4n) is 1.54. The van der Waals surface area contributed by atoms with Crippen molar-refractivity contribution >= 4 is 21.6 Å². The van der Waals surface area contributed by atoms with Gasteiger partial charge in [-0.1, -0.05) is 0 Å². The monoisotopic (exact) mass is 338 g/mol. The molecule has 1 atom stereocenters. The molecule has 0 bridgehead atoms. The molecule has 104 valence electrons. The Morgan fingerprint density at radius 1 is 1.40 bits per heavy atom. The first-order valence-electron chi connectivity index (χ1n) is 5.73. The van der Waals surface area contributed by atoms with E-state index < -0.39 is 11.0 Å². The van der Waals surface area contributed by atoms with Gasteiger partial charge in [-0.15, -0.1) is 0 Å². The molecule has 0 aliphatic carbocycles. The van der Waals surface area contributed by atoms with Gasteiger partial charge in [-0.2, -0.15) is 0 Å². The Morgan fingerprint density at radius 2 is 2.15 bits per heavy atom. The lowest BCUT2D eigenvalue weighted by Gasteiger charge is -2.09. The van der Waals surface area contributed by atoms with Crippen LogP contribution in [0.5, 0.6) is 11.6 Å². The maximum atomic E-state index is 10.7. The van der Waals surface area contributed by atoms with Crippen LogP contribution in [0.2, 0.25) is 0 Å². The summed E-state index contributed by atoms with van der Waals surface area (Å²) < 4.78 is 6.09. The Bertz CT molecular complexity index is 646. The summed E-state index contributed by atoms with van der Waals surface area (Å²) in [6, 6.07) is 7.46. The van der Waals surface area contributed by atoms with E-state index in [2.05, 4.69) is 20.9 Å². The molecular formula is C13H11BrN2O4. The van der Waals surface area contributed by atoms with Crippen LogP contribution in [0.1, 0.15) is 18.6 Å². The highest BCUT2D eigenvalue weighted by Gasteiger charge is 2.12. The average molecular weight is 339 g/mol. The van der Waals surface area contributed by atoms with Crippen LogP contribution in [-0.4, -0.2) is 15.0 Å². The lowest BCUT2D eigenvalue weighted by Crippen LogP contribution is -1.95. The third kappa shape index (κ3) is 3.31. The second kappa shape index (κ2) is 5.98. The zero-order chi connectivity index (χ0) is 14.7. The molecule has 2 rings (SSSR count). The number of nitro groups is 1. The van der Waals surface area contributed by atoms with Gasteiger partial charge in [0.05, 0.1) is 21.6 Å². The number of benzene rings is 1. The molecule has 0 spiro atoms. The highest BCUT2D eigenvalue weighted by molar-refractivity contribution is 9.10. The van der Waals surface area contributed by atoms with E-state index in [0.29, 0.717) is 10.0 Å².